The van der Waals surface area contributed by atoms with Crippen molar-refractivity contribution in [1.29, 1.82) is 5.26 Å². The van der Waals surface area contributed by atoms with E-state index in [4.69, 9.17) is 0 Å². The largest absolute Gasteiger partial charge is 0.391 e. The van der Waals surface area contributed by atoms with Gasteiger partial charge in [0.1, 0.15) is 6.07 Å². The molecule has 9 heteroatoms. The Morgan fingerprint density at radius 1 is 1.03 bits per heavy atom. The van der Waals surface area contributed by atoms with Gasteiger partial charge in [0.15, 0.2) is 0 Å². The number of aliphatic hydroxyl groups excluding tert-OH is 1. The van der Waals surface area contributed by atoms with Crippen LogP contribution in [0.3, 0.4) is 0 Å². The third-order valence-electron chi connectivity index (χ3n) is 7.01. The van der Waals surface area contributed by atoms with Crippen molar-refractivity contribution in [2.24, 2.45) is 5.41 Å². The molecule has 1 aliphatic heterocycles. The second kappa shape index (κ2) is 10.5. The second-order valence-corrected chi connectivity index (χ2v) is 11.6. The molecule has 1 N–H and O–H groups in total. The number of piperazine rings is 1. The lowest BCUT2D eigenvalue weighted by molar-refractivity contribution is -0.133. The maximum Gasteiger partial charge on any atom is 0.223 e. The Kier molecular flexibility index (Phi) is 7.15. The van der Waals surface area contributed by atoms with Gasteiger partial charge in [-0.1, -0.05) is 32.9 Å². The van der Waals surface area contributed by atoms with E-state index < -0.39 is 6.10 Å². The van der Waals surface area contributed by atoms with Gasteiger partial charge in [-0.2, -0.15) is 15.5 Å². The predicted octanol–water partition coefficient (Wildman–Crippen LogP) is 4.20. The minimum atomic E-state index is -0.495. The number of benzene rings is 1. The lowest BCUT2D eigenvalue weighted by Crippen LogP contribution is -2.49. The summed E-state index contributed by atoms with van der Waals surface area (Å²) >= 11 is 0. The first-order chi connectivity index (χ1) is 18.6. The standard InChI is InChI=1S/C30H35N7O2/c1-21(38)18-36-19-25(17-32-36)23-13-27(29-24(15-31)16-33-37(29)20-23)22-5-7-26(8-6-22)34-9-11-35(12-10-34)28(39)14-30(2,3)4/h5-8,13,16-17,19-21,38H,9-12,14,18H2,1-4H3/t21-/m1/s1. The van der Waals surface area contributed by atoms with Gasteiger partial charge < -0.3 is 14.9 Å². The van der Waals surface area contributed by atoms with Crippen molar-refractivity contribution in [1.82, 2.24) is 24.3 Å². The number of carbonyl (C=O) groups excluding carboxylic acids is 1. The van der Waals surface area contributed by atoms with Crippen LogP contribution in [0.15, 0.2) is 55.1 Å². The fourth-order valence-electron chi connectivity index (χ4n) is 5.10. The number of hydrogen-bond donors (Lipinski definition) is 1. The summed E-state index contributed by atoms with van der Waals surface area (Å²) in [5.74, 6) is 0.229. The monoisotopic (exact) mass is 525 g/mol. The minimum Gasteiger partial charge on any atom is -0.391 e. The van der Waals surface area contributed by atoms with Crippen LogP contribution in [0.4, 0.5) is 5.69 Å². The molecule has 9 nitrogen and oxygen atoms in total. The molecule has 202 valence electrons. The minimum absolute atomic E-state index is 0.00776. The molecule has 4 aromatic rings. The van der Waals surface area contributed by atoms with Gasteiger partial charge in [-0.25, -0.2) is 4.52 Å². The van der Waals surface area contributed by atoms with Crippen molar-refractivity contribution < 1.29 is 9.90 Å². The highest BCUT2D eigenvalue weighted by Crippen LogP contribution is 2.33. The smallest absolute Gasteiger partial charge is 0.223 e. The van der Waals surface area contributed by atoms with Crippen molar-refractivity contribution in [2.45, 2.75) is 46.8 Å². The summed E-state index contributed by atoms with van der Waals surface area (Å²) in [6.07, 6.45) is 7.24. The van der Waals surface area contributed by atoms with Gasteiger partial charge in [0.25, 0.3) is 0 Å². The van der Waals surface area contributed by atoms with E-state index >= 15 is 0 Å². The molecule has 1 fully saturated rings. The van der Waals surface area contributed by atoms with E-state index in [0.29, 0.717) is 18.5 Å². The number of amides is 1. The molecule has 1 atom stereocenters. The Morgan fingerprint density at radius 3 is 2.38 bits per heavy atom. The number of aliphatic hydroxyl groups is 1. The summed E-state index contributed by atoms with van der Waals surface area (Å²) in [4.78, 5) is 16.9. The van der Waals surface area contributed by atoms with Gasteiger partial charge in [0.05, 0.1) is 36.1 Å². The van der Waals surface area contributed by atoms with Crippen molar-refractivity contribution >= 4 is 17.1 Å². The first-order valence-electron chi connectivity index (χ1n) is 13.4. The Labute approximate surface area is 228 Å². The first-order valence-corrected chi connectivity index (χ1v) is 13.4. The van der Waals surface area contributed by atoms with E-state index in [1.807, 2.05) is 17.3 Å². The molecule has 0 saturated carbocycles. The Hall–Kier alpha value is -4.16. The number of carbonyl (C=O) groups is 1. The molecule has 0 radical (unpaired) electrons. The van der Waals surface area contributed by atoms with E-state index in [9.17, 15) is 15.2 Å². The zero-order valence-corrected chi connectivity index (χ0v) is 23.0. The van der Waals surface area contributed by atoms with Gasteiger partial charge in [0, 0.05) is 67.4 Å². The molecular formula is C30H35N7O2. The van der Waals surface area contributed by atoms with E-state index in [-0.39, 0.29) is 11.3 Å². The molecule has 1 aliphatic rings. The number of nitriles is 1. The lowest BCUT2D eigenvalue weighted by atomic mass is 9.91. The quantitative estimate of drug-likeness (QED) is 0.405. The number of hydrogen-bond acceptors (Lipinski definition) is 6. The van der Waals surface area contributed by atoms with Gasteiger partial charge in [-0.05, 0) is 36.1 Å². The fourth-order valence-corrected chi connectivity index (χ4v) is 5.10. The van der Waals surface area contributed by atoms with E-state index in [1.165, 1.54) is 0 Å². The third kappa shape index (κ3) is 5.81. The van der Waals surface area contributed by atoms with Crippen LogP contribution < -0.4 is 4.90 Å². The number of nitrogens with zero attached hydrogens (tertiary/aromatic N) is 7. The first kappa shape index (κ1) is 26.4. The van der Waals surface area contributed by atoms with Crippen molar-refractivity contribution in [3.05, 3.63) is 60.7 Å². The van der Waals surface area contributed by atoms with Gasteiger partial charge in [-0.15, -0.1) is 0 Å². The molecule has 0 aliphatic carbocycles. The van der Waals surface area contributed by atoms with E-state index in [2.05, 4.69) is 72.3 Å². The molecule has 4 heterocycles. The SMILES string of the molecule is C[C@@H](O)Cn1cc(-c2cc(-c3ccc(N4CCN(C(=O)CC(C)(C)C)CC4)cc3)c3c(C#N)cnn3c2)cn1. The van der Waals surface area contributed by atoms with Crippen LogP contribution in [0.2, 0.25) is 0 Å². The van der Waals surface area contributed by atoms with Crippen molar-refractivity contribution in [3.63, 3.8) is 0 Å². The van der Waals surface area contributed by atoms with Crippen LogP contribution in [0, 0.1) is 16.7 Å². The fraction of sp³-hybridized carbons (Fsp3) is 0.400. The number of rotatable bonds is 6. The van der Waals surface area contributed by atoms with Gasteiger partial charge in [-0.3, -0.25) is 9.48 Å². The lowest BCUT2D eigenvalue weighted by Gasteiger charge is -2.37. The number of pyridine rings is 1. The number of anilines is 1. The zero-order chi connectivity index (χ0) is 27.7. The number of fused-ring (bicyclic) bond motifs is 1. The summed E-state index contributed by atoms with van der Waals surface area (Å²) in [5, 5.41) is 28.3. The normalized spacial score (nSPS) is 15.0. The van der Waals surface area contributed by atoms with Gasteiger partial charge >= 0.3 is 0 Å². The molecule has 0 bridgehead atoms. The Balaban J connectivity index is 1.39. The summed E-state index contributed by atoms with van der Waals surface area (Å²) < 4.78 is 3.47. The average Bonchev–Trinajstić information content (AvgIpc) is 3.54. The zero-order valence-electron chi connectivity index (χ0n) is 23.0. The summed E-state index contributed by atoms with van der Waals surface area (Å²) in [6, 6.07) is 12.7. The highest BCUT2D eigenvalue weighted by atomic mass is 16.3. The molecule has 39 heavy (non-hydrogen) atoms. The van der Waals surface area contributed by atoms with Crippen LogP contribution in [0.1, 0.15) is 39.7 Å². The predicted molar refractivity (Wildman–Crippen MR) is 151 cm³/mol. The van der Waals surface area contributed by atoms with Crippen LogP contribution in [0.25, 0.3) is 27.8 Å². The molecule has 1 aromatic carbocycles. The molecule has 5 rings (SSSR count). The summed E-state index contributed by atoms with van der Waals surface area (Å²) in [5.41, 5.74) is 6.10. The third-order valence-corrected chi connectivity index (χ3v) is 7.01. The summed E-state index contributed by atoms with van der Waals surface area (Å²) in [6.45, 7) is 11.5. The molecule has 3 aromatic heterocycles. The Morgan fingerprint density at radius 2 is 1.74 bits per heavy atom. The Bertz CT molecular complexity index is 1510. The van der Waals surface area contributed by atoms with Crippen LogP contribution in [-0.2, 0) is 11.3 Å². The van der Waals surface area contributed by atoms with E-state index in [0.717, 1.165) is 59.6 Å². The average molecular weight is 526 g/mol. The summed E-state index contributed by atoms with van der Waals surface area (Å²) in [7, 11) is 0. The molecule has 0 spiro atoms. The van der Waals surface area contributed by atoms with Gasteiger partial charge in [0.2, 0.25) is 5.91 Å². The highest BCUT2D eigenvalue weighted by molar-refractivity contribution is 5.88. The highest BCUT2D eigenvalue weighted by Gasteiger charge is 2.25. The topological polar surface area (TPSA) is 103 Å². The van der Waals surface area contributed by atoms with Crippen LogP contribution >= 0.6 is 0 Å². The molecular weight excluding hydrogens is 490 g/mol. The van der Waals surface area contributed by atoms with Crippen LogP contribution in [0.5, 0.6) is 0 Å². The maximum atomic E-state index is 12.6. The molecule has 0 unspecified atom stereocenters. The van der Waals surface area contributed by atoms with Crippen LogP contribution in [-0.4, -0.2) is 67.6 Å². The maximum absolute atomic E-state index is 12.6. The van der Waals surface area contributed by atoms with Crippen molar-refractivity contribution in [2.75, 3.05) is 31.1 Å². The molecule has 1 saturated heterocycles. The van der Waals surface area contributed by atoms with E-state index in [1.54, 1.807) is 28.5 Å². The number of aromatic nitrogens is 4. The van der Waals surface area contributed by atoms with Crippen molar-refractivity contribution in [3.8, 4) is 28.3 Å². The molecule has 1 amide bonds. The second-order valence-electron chi connectivity index (χ2n) is 11.6.